The molecular formula is C11H13N3O6. The van der Waals surface area contributed by atoms with E-state index in [-0.39, 0.29) is 11.4 Å². The van der Waals surface area contributed by atoms with Gasteiger partial charge in [0.1, 0.15) is 0 Å². The number of nitrogens with zero attached hydrogens (tertiary/aromatic N) is 1. The number of aliphatic hydroxyl groups excluding tert-OH is 1. The van der Waals surface area contributed by atoms with Crippen LogP contribution in [-0.4, -0.2) is 41.8 Å². The van der Waals surface area contributed by atoms with E-state index in [1.165, 1.54) is 18.2 Å². The molecule has 108 valence electrons. The molecule has 9 heteroatoms. The monoisotopic (exact) mass is 283 g/mol. The van der Waals surface area contributed by atoms with E-state index in [2.05, 4.69) is 15.4 Å². The van der Waals surface area contributed by atoms with E-state index in [0.29, 0.717) is 0 Å². The molecule has 1 unspecified atom stereocenters. The molecule has 1 atom stereocenters. The van der Waals surface area contributed by atoms with Crippen LogP contribution in [0.2, 0.25) is 0 Å². The van der Waals surface area contributed by atoms with E-state index in [4.69, 9.17) is 5.11 Å². The van der Waals surface area contributed by atoms with Crippen molar-refractivity contribution in [3.8, 4) is 0 Å². The van der Waals surface area contributed by atoms with Gasteiger partial charge >= 0.3 is 12.0 Å². The molecule has 0 aliphatic rings. The van der Waals surface area contributed by atoms with Gasteiger partial charge in [0.2, 0.25) is 0 Å². The normalized spacial score (nSPS) is 11.3. The van der Waals surface area contributed by atoms with Crippen LogP contribution >= 0.6 is 0 Å². The number of nitro benzene ring substituents is 1. The maximum absolute atomic E-state index is 11.6. The van der Waals surface area contributed by atoms with Gasteiger partial charge in [-0.1, -0.05) is 6.07 Å². The number of benzene rings is 1. The highest BCUT2D eigenvalue weighted by Crippen LogP contribution is 2.16. The molecule has 1 rings (SSSR count). The van der Waals surface area contributed by atoms with Crippen LogP contribution in [0.5, 0.6) is 0 Å². The minimum absolute atomic E-state index is 0.179. The number of methoxy groups -OCH3 is 1. The first-order chi connectivity index (χ1) is 9.47. The lowest BCUT2D eigenvalue weighted by atomic mass is 10.3. The zero-order valence-electron chi connectivity index (χ0n) is 10.5. The summed E-state index contributed by atoms with van der Waals surface area (Å²) >= 11 is 0. The van der Waals surface area contributed by atoms with Gasteiger partial charge in [-0.3, -0.25) is 10.1 Å². The molecule has 1 aromatic rings. The summed E-state index contributed by atoms with van der Waals surface area (Å²) in [5.74, 6) is -0.804. The molecule has 3 N–H and O–H groups in total. The van der Waals surface area contributed by atoms with Crippen LogP contribution in [-0.2, 0) is 9.53 Å². The first kappa shape index (κ1) is 15.4. The first-order valence-electron chi connectivity index (χ1n) is 5.48. The Kier molecular flexibility index (Phi) is 5.42. The number of urea groups is 1. The Morgan fingerprint density at radius 3 is 2.75 bits per heavy atom. The molecule has 0 saturated heterocycles. The topological polar surface area (TPSA) is 131 Å². The molecule has 0 aliphatic heterocycles. The Morgan fingerprint density at radius 1 is 1.50 bits per heavy atom. The van der Waals surface area contributed by atoms with Crippen molar-refractivity contribution in [3.05, 3.63) is 34.4 Å². The van der Waals surface area contributed by atoms with E-state index in [1.807, 2.05) is 0 Å². The Morgan fingerprint density at radius 2 is 2.20 bits per heavy atom. The van der Waals surface area contributed by atoms with Gasteiger partial charge in [0.05, 0.1) is 18.6 Å². The van der Waals surface area contributed by atoms with Gasteiger partial charge in [0, 0.05) is 17.8 Å². The zero-order valence-corrected chi connectivity index (χ0v) is 10.5. The van der Waals surface area contributed by atoms with Gasteiger partial charge in [-0.15, -0.1) is 0 Å². The Labute approximate surface area is 113 Å². The number of nitro groups is 1. The van der Waals surface area contributed by atoms with Crippen LogP contribution in [0.15, 0.2) is 24.3 Å². The van der Waals surface area contributed by atoms with Crippen molar-refractivity contribution in [2.45, 2.75) is 6.04 Å². The highest BCUT2D eigenvalue weighted by molar-refractivity contribution is 5.92. The number of hydrogen-bond donors (Lipinski definition) is 3. The predicted octanol–water partition coefficient (Wildman–Crippen LogP) is 0.250. The summed E-state index contributed by atoms with van der Waals surface area (Å²) in [6.45, 7) is -0.630. The average molecular weight is 283 g/mol. The van der Waals surface area contributed by atoms with Crippen molar-refractivity contribution in [2.24, 2.45) is 0 Å². The zero-order chi connectivity index (χ0) is 15.1. The molecule has 2 amide bonds. The third-order valence-corrected chi connectivity index (χ3v) is 2.29. The first-order valence-corrected chi connectivity index (χ1v) is 5.48. The second kappa shape index (κ2) is 7.04. The molecule has 0 heterocycles. The molecule has 0 fully saturated rings. The molecule has 0 radical (unpaired) electrons. The van der Waals surface area contributed by atoms with E-state index < -0.39 is 29.6 Å². The number of ether oxygens (including phenoxy) is 1. The van der Waals surface area contributed by atoms with Crippen LogP contribution in [0.1, 0.15) is 0 Å². The van der Waals surface area contributed by atoms with Gasteiger partial charge in [0.15, 0.2) is 6.04 Å². The third kappa shape index (κ3) is 4.21. The molecule has 0 aliphatic carbocycles. The van der Waals surface area contributed by atoms with Crippen molar-refractivity contribution in [3.63, 3.8) is 0 Å². The van der Waals surface area contributed by atoms with Crippen molar-refractivity contribution < 1.29 is 24.4 Å². The van der Waals surface area contributed by atoms with Crippen molar-refractivity contribution in [1.82, 2.24) is 5.32 Å². The Hall–Kier alpha value is -2.68. The standard InChI is InChI=1S/C11H13N3O6/c1-20-10(16)9(6-15)13-11(17)12-7-3-2-4-8(5-7)14(18)19/h2-5,9,15H,6H2,1H3,(H2,12,13,17). The molecule has 0 spiro atoms. The number of amides is 2. The summed E-state index contributed by atoms with van der Waals surface area (Å²) in [6.07, 6.45) is 0. The maximum atomic E-state index is 11.6. The largest absolute Gasteiger partial charge is 0.467 e. The van der Waals surface area contributed by atoms with Crippen molar-refractivity contribution in [1.29, 1.82) is 0 Å². The van der Waals surface area contributed by atoms with Crippen LogP contribution in [0, 0.1) is 10.1 Å². The van der Waals surface area contributed by atoms with E-state index in [9.17, 15) is 19.7 Å². The molecule has 1 aromatic carbocycles. The SMILES string of the molecule is COC(=O)C(CO)NC(=O)Nc1cccc([N+](=O)[O-])c1. The van der Waals surface area contributed by atoms with E-state index in [0.717, 1.165) is 13.2 Å². The number of non-ortho nitro benzene ring substituents is 1. The number of esters is 1. The lowest BCUT2D eigenvalue weighted by Crippen LogP contribution is -2.45. The summed E-state index contributed by atoms with van der Waals surface area (Å²) in [5, 5.41) is 24.0. The van der Waals surface area contributed by atoms with Crippen LogP contribution in [0.3, 0.4) is 0 Å². The molecule has 0 bridgehead atoms. The van der Waals surface area contributed by atoms with Crippen LogP contribution in [0.25, 0.3) is 0 Å². The third-order valence-electron chi connectivity index (χ3n) is 2.29. The second-order valence-corrected chi connectivity index (χ2v) is 3.66. The average Bonchev–Trinajstić information content (AvgIpc) is 2.44. The molecule has 0 aromatic heterocycles. The Balaban J connectivity index is 2.68. The summed E-state index contributed by atoms with van der Waals surface area (Å²) in [7, 11) is 1.12. The quantitative estimate of drug-likeness (QED) is 0.403. The van der Waals surface area contributed by atoms with Crippen LogP contribution < -0.4 is 10.6 Å². The lowest BCUT2D eigenvalue weighted by Gasteiger charge is -2.14. The maximum Gasteiger partial charge on any atom is 0.330 e. The van der Waals surface area contributed by atoms with Gasteiger partial charge < -0.3 is 20.5 Å². The number of nitrogens with one attached hydrogen (secondary N) is 2. The minimum Gasteiger partial charge on any atom is -0.467 e. The number of aliphatic hydroxyl groups is 1. The van der Waals surface area contributed by atoms with E-state index >= 15 is 0 Å². The number of hydrogen-bond acceptors (Lipinski definition) is 6. The highest BCUT2D eigenvalue weighted by Gasteiger charge is 2.20. The fourth-order valence-corrected chi connectivity index (χ4v) is 1.34. The van der Waals surface area contributed by atoms with E-state index in [1.54, 1.807) is 0 Å². The summed E-state index contributed by atoms with van der Waals surface area (Å²) in [4.78, 5) is 32.7. The number of carbonyl (C=O) groups is 2. The summed E-state index contributed by atoms with van der Waals surface area (Å²) < 4.78 is 4.37. The molecule has 9 nitrogen and oxygen atoms in total. The molecule has 20 heavy (non-hydrogen) atoms. The van der Waals surface area contributed by atoms with Gasteiger partial charge in [-0.05, 0) is 6.07 Å². The number of anilines is 1. The smallest absolute Gasteiger partial charge is 0.330 e. The van der Waals surface area contributed by atoms with Crippen LogP contribution in [0.4, 0.5) is 16.2 Å². The van der Waals surface area contributed by atoms with Gasteiger partial charge in [-0.2, -0.15) is 0 Å². The van der Waals surface area contributed by atoms with Gasteiger partial charge in [-0.25, -0.2) is 9.59 Å². The fourth-order valence-electron chi connectivity index (χ4n) is 1.34. The lowest BCUT2D eigenvalue weighted by molar-refractivity contribution is -0.384. The molecular weight excluding hydrogens is 270 g/mol. The summed E-state index contributed by atoms with van der Waals surface area (Å²) in [5.41, 5.74) is -0.00673. The number of carbonyl (C=O) groups excluding carboxylic acids is 2. The number of rotatable bonds is 5. The highest BCUT2D eigenvalue weighted by atomic mass is 16.6. The predicted molar refractivity (Wildman–Crippen MR) is 68.1 cm³/mol. The fraction of sp³-hybridized carbons (Fsp3) is 0.273. The molecule has 0 saturated carbocycles. The Bertz CT molecular complexity index is 519. The second-order valence-electron chi connectivity index (χ2n) is 3.66. The minimum atomic E-state index is -1.21. The van der Waals surface area contributed by atoms with Crippen molar-refractivity contribution in [2.75, 3.05) is 19.0 Å². The van der Waals surface area contributed by atoms with Gasteiger partial charge in [0.25, 0.3) is 5.69 Å². The summed E-state index contributed by atoms with van der Waals surface area (Å²) in [6, 6.07) is 3.27. The van der Waals surface area contributed by atoms with Crippen molar-refractivity contribution >= 4 is 23.4 Å².